The Morgan fingerprint density at radius 1 is 1.43 bits per heavy atom. The van der Waals surface area contributed by atoms with Gasteiger partial charge in [0.1, 0.15) is 6.04 Å². The largest absolute Gasteiger partial charge is 0.494 e. The summed E-state index contributed by atoms with van der Waals surface area (Å²) >= 11 is 1.40. The van der Waals surface area contributed by atoms with Crippen LogP contribution in [0.25, 0.3) is 0 Å². The summed E-state index contributed by atoms with van der Waals surface area (Å²) in [6, 6.07) is 1.25. The molecule has 0 saturated carbocycles. The number of H-pyrrole nitrogens is 1. The molecule has 1 aromatic rings. The monoisotopic (exact) mass is 312 g/mol. The van der Waals surface area contributed by atoms with Crippen LogP contribution in [-0.4, -0.2) is 49.1 Å². The summed E-state index contributed by atoms with van der Waals surface area (Å²) in [6.45, 7) is 3.80. The predicted molar refractivity (Wildman–Crippen MR) is 77.4 cm³/mol. The van der Waals surface area contributed by atoms with Crippen LogP contribution in [0.1, 0.15) is 24.2 Å². The van der Waals surface area contributed by atoms with Gasteiger partial charge in [0.2, 0.25) is 0 Å². The first-order valence-electron chi connectivity index (χ1n) is 6.41. The maximum atomic E-state index is 12.6. The molecule has 0 bridgehead atoms. The summed E-state index contributed by atoms with van der Waals surface area (Å²) in [6.07, 6.45) is 0. The van der Waals surface area contributed by atoms with Gasteiger partial charge >= 0.3 is 5.97 Å². The number of aromatic hydroxyl groups is 1. The van der Waals surface area contributed by atoms with Gasteiger partial charge in [0.05, 0.1) is 10.9 Å². The average Bonchev–Trinajstić information content (AvgIpc) is 2.81. The van der Waals surface area contributed by atoms with Gasteiger partial charge in [-0.15, -0.1) is 11.8 Å². The molecule has 1 aromatic heterocycles. The number of carbonyl (C=O) groups is 2. The predicted octanol–water partition coefficient (Wildman–Crippen LogP) is 0.705. The second-order valence-electron chi connectivity index (χ2n) is 5.15. The van der Waals surface area contributed by atoms with E-state index in [-0.39, 0.29) is 16.9 Å². The molecule has 1 aliphatic rings. The number of thioether (sulfide) groups is 1. The number of nitrogens with zero attached hydrogens (tertiary/aromatic N) is 1. The molecule has 2 atom stereocenters. The van der Waals surface area contributed by atoms with Gasteiger partial charge in [-0.3, -0.25) is 14.6 Å². The second-order valence-corrected chi connectivity index (χ2v) is 6.30. The van der Waals surface area contributed by atoms with Crippen molar-refractivity contribution in [2.75, 3.05) is 5.75 Å². The molecule has 0 spiro atoms. The number of hydrogen-bond acceptors (Lipinski definition) is 5. The lowest BCUT2D eigenvalue weighted by atomic mass is 10.1. The van der Waals surface area contributed by atoms with E-state index in [1.807, 2.05) is 13.8 Å². The number of hydrogen-bond donors (Lipinski definition) is 3. The number of nitrogens with one attached hydrogen (secondary N) is 1. The molecule has 3 N–H and O–H groups in total. The summed E-state index contributed by atoms with van der Waals surface area (Å²) in [7, 11) is 0. The first kappa shape index (κ1) is 15.4. The molecule has 0 aliphatic carbocycles. The Morgan fingerprint density at radius 2 is 2.10 bits per heavy atom. The highest BCUT2D eigenvalue weighted by molar-refractivity contribution is 8.00. The number of aliphatic carboxylic acids is 1. The SMILES string of the molecule is CC(C)C1SCC(C(=O)O)N1C(=O)c1cc(O)[nH]c(=O)c1. The van der Waals surface area contributed by atoms with Gasteiger partial charge in [-0.05, 0) is 5.92 Å². The molecule has 114 valence electrons. The fourth-order valence-corrected chi connectivity index (χ4v) is 3.76. The Balaban J connectivity index is 2.41. The van der Waals surface area contributed by atoms with Gasteiger partial charge in [-0.2, -0.15) is 0 Å². The summed E-state index contributed by atoms with van der Waals surface area (Å²) in [4.78, 5) is 38.7. The molecule has 1 saturated heterocycles. The van der Waals surface area contributed by atoms with E-state index in [0.29, 0.717) is 5.75 Å². The maximum absolute atomic E-state index is 12.6. The Labute approximate surface area is 125 Å². The van der Waals surface area contributed by atoms with Crippen LogP contribution in [-0.2, 0) is 4.79 Å². The van der Waals surface area contributed by atoms with Crippen LogP contribution >= 0.6 is 11.8 Å². The molecule has 1 amide bonds. The molecule has 8 heteroatoms. The first-order chi connectivity index (χ1) is 9.81. The molecule has 1 fully saturated rings. The number of aromatic nitrogens is 1. The van der Waals surface area contributed by atoms with Crippen molar-refractivity contribution in [2.24, 2.45) is 5.92 Å². The third kappa shape index (κ3) is 3.05. The highest BCUT2D eigenvalue weighted by Crippen LogP contribution is 2.35. The number of amides is 1. The van der Waals surface area contributed by atoms with Crippen LogP contribution in [0, 0.1) is 5.92 Å². The van der Waals surface area contributed by atoms with E-state index in [1.165, 1.54) is 16.7 Å². The van der Waals surface area contributed by atoms with Gasteiger partial charge in [-0.1, -0.05) is 13.8 Å². The smallest absolute Gasteiger partial charge is 0.327 e. The zero-order valence-corrected chi connectivity index (χ0v) is 12.4. The van der Waals surface area contributed by atoms with Crippen molar-refractivity contribution in [1.29, 1.82) is 0 Å². The Bertz CT molecular complexity index is 627. The van der Waals surface area contributed by atoms with Crippen molar-refractivity contribution in [2.45, 2.75) is 25.3 Å². The Kier molecular flexibility index (Phi) is 4.26. The summed E-state index contributed by atoms with van der Waals surface area (Å²) in [5.74, 6) is -1.69. The minimum atomic E-state index is -1.08. The van der Waals surface area contributed by atoms with Crippen LogP contribution in [0.3, 0.4) is 0 Å². The number of rotatable bonds is 3. The van der Waals surface area contributed by atoms with E-state index >= 15 is 0 Å². The van der Waals surface area contributed by atoms with Crippen LogP contribution in [0.4, 0.5) is 0 Å². The van der Waals surface area contributed by atoms with E-state index in [0.717, 1.165) is 12.1 Å². The van der Waals surface area contributed by atoms with Crippen LogP contribution in [0.5, 0.6) is 5.88 Å². The summed E-state index contributed by atoms with van der Waals surface area (Å²) in [5, 5.41) is 18.4. The molecule has 0 aromatic carbocycles. The minimum absolute atomic E-state index is 0.0179. The zero-order valence-electron chi connectivity index (χ0n) is 11.6. The molecule has 1 aliphatic heterocycles. The second kappa shape index (κ2) is 5.80. The molecule has 0 radical (unpaired) electrons. The van der Waals surface area contributed by atoms with Crippen LogP contribution < -0.4 is 5.56 Å². The van der Waals surface area contributed by atoms with E-state index < -0.39 is 29.4 Å². The van der Waals surface area contributed by atoms with E-state index in [9.17, 15) is 24.6 Å². The van der Waals surface area contributed by atoms with E-state index in [2.05, 4.69) is 4.98 Å². The molecule has 2 heterocycles. The average molecular weight is 312 g/mol. The normalized spacial score (nSPS) is 21.8. The van der Waals surface area contributed by atoms with Crippen molar-refractivity contribution in [3.8, 4) is 5.88 Å². The molecular weight excluding hydrogens is 296 g/mol. The third-order valence-electron chi connectivity index (χ3n) is 3.20. The lowest BCUT2D eigenvalue weighted by molar-refractivity contribution is -0.141. The van der Waals surface area contributed by atoms with Crippen molar-refractivity contribution in [3.05, 3.63) is 28.0 Å². The van der Waals surface area contributed by atoms with Crippen molar-refractivity contribution in [3.63, 3.8) is 0 Å². The van der Waals surface area contributed by atoms with Crippen molar-refractivity contribution in [1.82, 2.24) is 9.88 Å². The van der Waals surface area contributed by atoms with Gasteiger partial charge in [0.15, 0.2) is 5.88 Å². The van der Waals surface area contributed by atoms with Gasteiger partial charge < -0.3 is 15.1 Å². The number of carbonyl (C=O) groups excluding carboxylic acids is 1. The third-order valence-corrected chi connectivity index (χ3v) is 4.82. The lowest BCUT2D eigenvalue weighted by Crippen LogP contribution is -2.47. The zero-order chi connectivity index (χ0) is 15.7. The number of aromatic amines is 1. The highest BCUT2D eigenvalue weighted by atomic mass is 32.2. The topological polar surface area (TPSA) is 111 Å². The fourth-order valence-electron chi connectivity index (χ4n) is 2.29. The van der Waals surface area contributed by atoms with E-state index in [1.54, 1.807) is 0 Å². The minimum Gasteiger partial charge on any atom is -0.494 e. The molecule has 21 heavy (non-hydrogen) atoms. The molecular formula is C13H16N2O5S. The maximum Gasteiger partial charge on any atom is 0.327 e. The standard InChI is InChI=1S/C13H16N2O5S/c1-6(2)12-15(8(5-21-12)13(19)20)11(18)7-3-9(16)14-10(17)4-7/h3-4,6,8,12H,5H2,1-2H3,(H,19,20)(H2,14,16,17). The molecule has 2 unspecified atom stereocenters. The molecule has 7 nitrogen and oxygen atoms in total. The Morgan fingerprint density at radius 3 is 2.62 bits per heavy atom. The fraction of sp³-hybridized carbons (Fsp3) is 0.462. The van der Waals surface area contributed by atoms with Gasteiger partial charge in [-0.25, -0.2) is 4.79 Å². The van der Waals surface area contributed by atoms with Gasteiger partial charge in [0.25, 0.3) is 11.5 Å². The van der Waals surface area contributed by atoms with Crippen LogP contribution in [0.2, 0.25) is 0 Å². The summed E-state index contributed by atoms with van der Waals surface area (Å²) in [5.41, 5.74) is -0.631. The summed E-state index contributed by atoms with van der Waals surface area (Å²) < 4.78 is 0. The quantitative estimate of drug-likeness (QED) is 0.758. The first-order valence-corrected chi connectivity index (χ1v) is 7.46. The van der Waals surface area contributed by atoms with Crippen molar-refractivity contribution < 1.29 is 19.8 Å². The highest BCUT2D eigenvalue weighted by Gasteiger charge is 2.43. The number of pyridine rings is 1. The lowest BCUT2D eigenvalue weighted by Gasteiger charge is -2.29. The Hall–Kier alpha value is -1.96. The number of carboxylic acid groups (broad SMARTS) is 1. The van der Waals surface area contributed by atoms with Crippen LogP contribution in [0.15, 0.2) is 16.9 Å². The van der Waals surface area contributed by atoms with Gasteiger partial charge in [0, 0.05) is 17.9 Å². The number of carboxylic acids is 1. The van der Waals surface area contributed by atoms with Crippen molar-refractivity contribution >= 4 is 23.6 Å². The van der Waals surface area contributed by atoms with E-state index in [4.69, 9.17) is 0 Å². The molecule has 2 rings (SSSR count).